The van der Waals surface area contributed by atoms with Crippen LogP contribution in [0.25, 0.3) is 0 Å². The third-order valence-corrected chi connectivity index (χ3v) is 2.68. The van der Waals surface area contributed by atoms with Gasteiger partial charge in [0.15, 0.2) is 0 Å². The van der Waals surface area contributed by atoms with Crippen LogP contribution in [-0.4, -0.2) is 12.3 Å². The molecule has 0 saturated carbocycles. The lowest BCUT2D eigenvalue weighted by molar-refractivity contribution is 0.768. The predicted octanol–water partition coefficient (Wildman–Crippen LogP) is 2.96. The fourth-order valence-corrected chi connectivity index (χ4v) is 1.82. The van der Waals surface area contributed by atoms with E-state index in [9.17, 15) is 0 Å². The Hall–Kier alpha value is -1.79. The largest absolute Gasteiger partial charge is 0.257 e. The van der Waals surface area contributed by atoms with E-state index >= 15 is 0 Å². The number of rotatable bonds is 1. The molecule has 2 rings (SSSR count). The highest BCUT2D eigenvalue weighted by Gasteiger charge is 2.15. The van der Waals surface area contributed by atoms with Gasteiger partial charge in [-0.2, -0.15) is 10.4 Å². The molecule has 1 aromatic carbocycles. The SMILES string of the molecule is CC1C=CC=NN1c1ccc(C#N)cc1Cl. The highest BCUT2D eigenvalue weighted by molar-refractivity contribution is 6.33. The second-order valence-corrected chi connectivity index (χ2v) is 3.92. The summed E-state index contributed by atoms with van der Waals surface area (Å²) in [5.41, 5.74) is 1.37. The molecular formula is C12H10ClN3. The summed E-state index contributed by atoms with van der Waals surface area (Å²) >= 11 is 6.12. The normalized spacial score (nSPS) is 18.6. The molecule has 0 saturated heterocycles. The van der Waals surface area contributed by atoms with E-state index in [1.54, 1.807) is 18.3 Å². The van der Waals surface area contributed by atoms with Crippen molar-refractivity contribution < 1.29 is 0 Å². The predicted molar refractivity (Wildman–Crippen MR) is 65.7 cm³/mol. The van der Waals surface area contributed by atoms with Crippen molar-refractivity contribution in [1.29, 1.82) is 5.26 Å². The molecule has 0 aliphatic carbocycles. The Balaban J connectivity index is 2.38. The molecule has 1 aromatic rings. The molecule has 0 fully saturated rings. The molecule has 80 valence electrons. The van der Waals surface area contributed by atoms with Gasteiger partial charge in [0.1, 0.15) is 0 Å². The summed E-state index contributed by atoms with van der Waals surface area (Å²) in [6.07, 6.45) is 5.65. The number of hydrogen-bond donors (Lipinski definition) is 0. The first-order valence-corrected chi connectivity index (χ1v) is 5.30. The van der Waals surface area contributed by atoms with Crippen molar-refractivity contribution in [3.05, 3.63) is 40.9 Å². The highest BCUT2D eigenvalue weighted by atomic mass is 35.5. The lowest BCUT2D eigenvalue weighted by atomic mass is 10.2. The van der Waals surface area contributed by atoms with Crippen LogP contribution < -0.4 is 5.01 Å². The Morgan fingerprint density at radius 2 is 2.31 bits per heavy atom. The number of nitrogens with zero attached hydrogens (tertiary/aromatic N) is 3. The van der Waals surface area contributed by atoms with Crippen molar-refractivity contribution in [2.75, 3.05) is 5.01 Å². The Kier molecular flexibility index (Phi) is 2.93. The third kappa shape index (κ3) is 1.93. The van der Waals surface area contributed by atoms with Crippen LogP contribution in [0.5, 0.6) is 0 Å². The number of nitriles is 1. The molecular weight excluding hydrogens is 222 g/mol. The molecule has 0 amide bonds. The summed E-state index contributed by atoms with van der Waals surface area (Å²) in [5, 5.41) is 15.4. The van der Waals surface area contributed by atoms with Gasteiger partial charge < -0.3 is 0 Å². The average molecular weight is 232 g/mol. The van der Waals surface area contributed by atoms with Crippen LogP contribution in [0.15, 0.2) is 35.5 Å². The zero-order chi connectivity index (χ0) is 11.5. The van der Waals surface area contributed by atoms with E-state index in [2.05, 4.69) is 11.2 Å². The molecule has 0 N–H and O–H groups in total. The second-order valence-electron chi connectivity index (χ2n) is 3.51. The van der Waals surface area contributed by atoms with Crippen molar-refractivity contribution in [2.45, 2.75) is 13.0 Å². The van der Waals surface area contributed by atoms with E-state index in [0.717, 1.165) is 5.69 Å². The number of hydrazone groups is 1. The van der Waals surface area contributed by atoms with Gasteiger partial charge in [0.25, 0.3) is 0 Å². The van der Waals surface area contributed by atoms with Crippen LogP contribution in [0.4, 0.5) is 5.69 Å². The molecule has 1 aliphatic heterocycles. The van der Waals surface area contributed by atoms with Gasteiger partial charge in [-0.05, 0) is 31.2 Å². The molecule has 4 heteroatoms. The van der Waals surface area contributed by atoms with Crippen LogP contribution in [0.2, 0.25) is 5.02 Å². The Bertz CT molecular complexity index is 499. The molecule has 16 heavy (non-hydrogen) atoms. The second kappa shape index (κ2) is 4.38. The van der Waals surface area contributed by atoms with Crippen LogP contribution in [0, 0.1) is 11.3 Å². The zero-order valence-electron chi connectivity index (χ0n) is 8.76. The number of hydrogen-bond acceptors (Lipinski definition) is 3. The van der Waals surface area contributed by atoms with Crippen molar-refractivity contribution in [3.63, 3.8) is 0 Å². The lowest BCUT2D eigenvalue weighted by Gasteiger charge is -2.26. The lowest BCUT2D eigenvalue weighted by Crippen LogP contribution is -2.28. The number of benzene rings is 1. The van der Waals surface area contributed by atoms with Crippen LogP contribution in [0.1, 0.15) is 12.5 Å². The standard InChI is InChI=1S/C12H10ClN3/c1-9-3-2-6-15-16(9)12-5-4-10(8-14)7-11(12)13/h2-7,9H,1H3. The molecule has 1 unspecified atom stereocenters. The molecule has 3 nitrogen and oxygen atoms in total. The van der Waals surface area contributed by atoms with Crippen molar-refractivity contribution >= 4 is 23.5 Å². The maximum Gasteiger partial charge on any atom is 0.0992 e. The van der Waals surface area contributed by atoms with Crippen molar-refractivity contribution in [3.8, 4) is 6.07 Å². The van der Waals surface area contributed by atoms with Crippen LogP contribution in [-0.2, 0) is 0 Å². The average Bonchev–Trinajstić information content (AvgIpc) is 2.30. The van der Waals surface area contributed by atoms with E-state index in [1.807, 2.05) is 30.2 Å². The molecule has 1 aliphatic rings. The fraction of sp³-hybridized carbons (Fsp3) is 0.167. The first kappa shape index (κ1) is 10.7. The van der Waals surface area contributed by atoms with E-state index in [4.69, 9.17) is 16.9 Å². The van der Waals surface area contributed by atoms with Gasteiger partial charge in [0, 0.05) is 6.21 Å². The number of allylic oxidation sites excluding steroid dienone is 1. The summed E-state index contributed by atoms with van der Waals surface area (Å²) < 4.78 is 0. The monoisotopic (exact) mass is 231 g/mol. The molecule has 0 radical (unpaired) electrons. The smallest absolute Gasteiger partial charge is 0.0992 e. The van der Waals surface area contributed by atoms with Gasteiger partial charge in [-0.1, -0.05) is 17.7 Å². The topological polar surface area (TPSA) is 39.4 Å². The molecule has 0 spiro atoms. The fourth-order valence-electron chi connectivity index (χ4n) is 1.55. The number of anilines is 1. The third-order valence-electron chi connectivity index (χ3n) is 2.38. The Labute approximate surface area is 99.2 Å². The first-order chi connectivity index (χ1) is 7.72. The zero-order valence-corrected chi connectivity index (χ0v) is 9.52. The Morgan fingerprint density at radius 1 is 1.50 bits per heavy atom. The van der Waals surface area contributed by atoms with Gasteiger partial charge in [-0.15, -0.1) is 0 Å². The van der Waals surface area contributed by atoms with E-state index in [1.165, 1.54) is 0 Å². The van der Waals surface area contributed by atoms with E-state index < -0.39 is 0 Å². The van der Waals surface area contributed by atoms with Crippen molar-refractivity contribution in [2.24, 2.45) is 5.10 Å². The minimum Gasteiger partial charge on any atom is -0.257 e. The minimum atomic E-state index is 0.162. The summed E-state index contributed by atoms with van der Waals surface area (Å²) in [4.78, 5) is 0. The van der Waals surface area contributed by atoms with Gasteiger partial charge >= 0.3 is 0 Å². The summed E-state index contributed by atoms with van der Waals surface area (Å²) in [7, 11) is 0. The van der Waals surface area contributed by atoms with Gasteiger partial charge in [0.05, 0.1) is 28.4 Å². The quantitative estimate of drug-likeness (QED) is 0.746. The van der Waals surface area contributed by atoms with Crippen LogP contribution in [0.3, 0.4) is 0 Å². The molecule has 0 aromatic heterocycles. The summed E-state index contributed by atoms with van der Waals surface area (Å²) in [6.45, 7) is 2.03. The minimum absolute atomic E-state index is 0.162. The summed E-state index contributed by atoms with van der Waals surface area (Å²) in [5.74, 6) is 0. The van der Waals surface area contributed by atoms with Gasteiger partial charge in [0.2, 0.25) is 0 Å². The molecule has 1 heterocycles. The summed E-state index contributed by atoms with van der Waals surface area (Å²) in [6, 6.07) is 7.42. The van der Waals surface area contributed by atoms with Crippen molar-refractivity contribution in [1.82, 2.24) is 0 Å². The van der Waals surface area contributed by atoms with E-state index in [-0.39, 0.29) is 6.04 Å². The molecule has 0 bridgehead atoms. The number of halogens is 1. The maximum absolute atomic E-state index is 8.75. The van der Waals surface area contributed by atoms with E-state index in [0.29, 0.717) is 10.6 Å². The highest BCUT2D eigenvalue weighted by Crippen LogP contribution is 2.29. The van der Waals surface area contributed by atoms with Gasteiger partial charge in [-0.3, -0.25) is 5.01 Å². The van der Waals surface area contributed by atoms with Crippen LogP contribution >= 0.6 is 11.6 Å². The molecule has 1 atom stereocenters. The van der Waals surface area contributed by atoms with Gasteiger partial charge in [-0.25, -0.2) is 0 Å². The maximum atomic E-state index is 8.75. The first-order valence-electron chi connectivity index (χ1n) is 4.92. The Morgan fingerprint density at radius 3 is 2.94 bits per heavy atom.